The van der Waals surface area contributed by atoms with Crippen LogP contribution in [0.5, 0.6) is 0 Å². The molecule has 0 aliphatic carbocycles. The largest absolute Gasteiger partial charge is 0.386 e. The van der Waals surface area contributed by atoms with Crippen LogP contribution in [0.1, 0.15) is 28.7 Å². The third-order valence-corrected chi connectivity index (χ3v) is 3.96. The highest BCUT2D eigenvalue weighted by Gasteiger charge is 2.17. The van der Waals surface area contributed by atoms with Crippen LogP contribution in [0.15, 0.2) is 22.8 Å². The molecule has 1 N–H and O–H groups in total. The number of aliphatic hydroxyl groups excluding tert-OH is 1. The Hall–Kier alpha value is -1.20. The third-order valence-electron chi connectivity index (χ3n) is 2.93. The molecule has 0 aromatic carbocycles. The van der Waals surface area contributed by atoms with Gasteiger partial charge in [0, 0.05) is 19.7 Å². The van der Waals surface area contributed by atoms with Crippen LogP contribution in [0.4, 0.5) is 0 Å². The molecule has 18 heavy (non-hydrogen) atoms. The average molecular weight is 310 g/mol. The van der Waals surface area contributed by atoms with Crippen molar-refractivity contribution < 1.29 is 5.11 Å². The van der Waals surface area contributed by atoms with Crippen molar-refractivity contribution in [3.8, 4) is 0 Å². The number of hydrogen-bond donors (Lipinski definition) is 1. The molecule has 0 spiro atoms. The van der Waals surface area contributed by atoms with Crippen molar-refractivity contribution in [3.05, 3.63) is 45.4 Å². The lowest BCUT2D eigenvalue weighted by molar-refractivity contribution is 0.170. The number of halogens is 1. The molecule has 0 aliphatic heterocycles. The lowest BCUT2D eigenvalue weighted by Crippen LogP contribution is -2.08. The second-order valence-corrected chi connectivity index (χ2v) is 5.24. The summed E-state index contributed by atoms with van der Waals surface area (Å²) in [5, 5.41) is 14.5. The first-order valence-corrected chi connectivity index (χ1v) is 6.57. The first-order chi connectivity index (χ1) is 8.49. The summed E-state index contributed by atoms with van der Waals surface area (Å²) in [7, 11) is 1.88. The van der Waals surface area contributed by atoms with Gasteiger partial charge in [-0.15, -0.1) is 0 Å². The van der Waals surface area contributed by atoms with Crippen molar-refractivity contribution in [2.24, 2.45) is 7.05 Å². The Balaban J connectivity index is 2.24. The minimum Gasteiger partial charge on any atom is -0.386 e. The Labute approximate surface area is 115 Å². The summed E-state index contributed by atoms with van der Waals surface area (Å²) in [6.07, 6.45) is 1.60. The van der Waals surface area contributed by atoms with E-state index in [0.717, 1.165) is 21.4 Å². The molecule has 0 saturated carbocycles. The van der Waals surface area contributed by atoms with E-state index in [0.29, 0.717) is 12.1 Å². The minimum atomic E-state index is -0.615. The zero-order valence-corrected chi connectivity index (χ0v) is 12.3. The molecule has 0 fully saturated rings. The van der Waals surface area contributed by atoms with Crippen molar-refractivity contribution in [2.75, 3.05) is 0 Å². The van der Waals surface area contributed by atoms with Gasteiger partial charge in [0.2, 0.25) is 0 Å². The van der Waals surface area contributed by atoms with Crippen LogP contribution >= 0.6 is 15.9 Å². The number of aromatic nitrogens is 3. The number of aryl methyl sites for hydroxylation is 3. The second kappa shape index (κ2) is 5.20. The predicted molar refractivity (Wildman–Crippen MR) is 73.3 cm³/mol. The van der Waals surface area contributed by atoms with Gasteiger partial charge >= 0.3 is 0 Å². The van der Waals surface area contributed by atoms with Crippen LogP contribution in [-0.2, 0) is 13.5 Å². The van der Waals surface area contributed by atoms with E-state index in [1.54, 1.807) is 10.9 Å². The van der Waals surface area contributed by atoms with Gasteiger partial charge in [0.1, 0.15) is 6.10 Å². The molecular weight excluding hydrogens is 294 g/mol. The topological polar surface area (TPSA) is 50.9 Å². The van der Waals surface area contributed by atoms with Crippen LogP contribution in [0, 0.1) is 13.8 Å². The van der Waals surface area contributed by atoms with E-state index < -0.39 is 6.10 Å². The molecule has 96 valence electrons. The summed E-state index contributed by atoms with van der Waals surface area (Å²) in [5.41, 5.74) is 3.69. The van der Waals surface area contributed by atoms with Gasteiger partial charge in [-0.25, -0.2) is 0 Å². The van der Waals surface area contributed by atoms with E-state index in [2.05, 4.69) is 26.0 Å². The minimum absolute atomic E-state index is 0.494. The molecule has 2 aromatic rings. The highest BCUT2D eigenvalue weighted by Crippen LogP contribution is 2.25. The zero-order chi connectivity index (χ0) is 13.3. The van der Waals surface area contributed by atoms with Gasteiger partial charge in [-0.05, 0) is 47.5 Å². The predicted octanol–water partition coefficient (Wildman–Crippen LogP) is 2.47. The second-order valence-electron chi connectivity index (χ2n) is 4.45. The van der Waals surface area contributed by atoms with E-state index in [4.69, 9.17) is 0 Å². The number of aliphatic hydroxyl groups is 1. The quantitative estimate of drug-likeness (QED) is 0.947. The van der Waals surface area contributed by atoms with Gasteiger partial charge in [0.05, 0.1) is 21.6 Å². The number of rotatable bonds is 3. The normalized spacial score (nSPS) is 12.7. The van der Waals surface area contributed by atoms with Crippen molar-refractivity contribution in [2.45, 2.75) is 26.4 Å². The maximum Gasteiger partial charge on any atom is 0.101 e. The molecule has 4 nitrogen and oxygen atoms in total. The molecule has 0 aliphatic rings. The molecule has 5 heteroatoms. The summed E-state index contributed by atoms with van der Waals surface area (Å²) in [6, 6.07) is 3.82. The van der Waals surface area contributed by atoms with Crippen LogP contribution in [0.3, 0.4) is 0 Å². The van der Waals surface area contributed by atoms with E-state index in [-0.39, 0.29) is 0 Å². The van der Waals surface area contributed by atoms with E-state index in [1.807, 2.05) is 33.0 Å². The fourth-order valence-corrected chi connectivity index (χ4v) is 2.43. The van der Waals surface area contributed by atoms with Gasteiger partial charge in [0.15, 0.2) is 0 Å². The number of nitrogens with zero attached hydrogens (tertiary/aromatic N) is 3. The van der Waals surface area contributed by atoms with E-state index in [1.165, 1.54) is 0 Å². The van der Waals surface area contributed by atoms with E-state index in [9.17, 15) is 5.11 Å². The van der Waals surface area contributed by atoms with Crippen LogP contribution in [-0.4, -0.2) is 19.9 Å². The Morgan fingerprint density at radius 1 is 1.44 bits per heavy atom. The Morgan fingerprint density at radius 2 is 2.17 bits per heavy atom. The van der Waals surface area contributed by atoms with Crippen LogP contribution in [0.25, 0.3) is 0 Å². The molecule has 0 amide bonds. The molecular formula is C13H16BrN3O. The zero-order valence-electron chi connectivity index (χ0n) is 10.7. The fraction of sp³-hybridized carbons (Fsp3) is 0.385. The smallest absolute Gasteiger partial charge is 0.101 e. The van der Waals surface area contributed by atoms with Gasteiger partial charge in [-0.2, -0.15) is 5.10 Å². The van der Waals surface area contributed by atoms with Crippen molar-refractivity contribution in [3.63, 3.8) is 0 Å². The van der Waals surface area contributed by atoms with Crippen LogP contribution in [0.2, 0.25) is 0 Å². The summed E-state index contributed by atoms with van der Waals surface area (Å²) in [6.45, 7) is 3.92. The maximum absolute atomic E-state index is 10.2. The van der Waals surface area contributed by atoms with Gasteiger partial charge in [-0.1, -0.05) is 0 Å². The van der Waals surface area contributed by atoms with Crippen LogP contribution < -0.4 is 0 Å². The number of pyridine rings is 1. The third kappa shape index (κ3) is 2.62. The summed E-state index contributed by atoms with van der Waals surface area (Å²) in [5.74, 6) is 0. The molecule has 2 aromatic heterocycles. The molecule has 0 radical (unpaired) electrons. The molecule has 2 rings (SSSR count). The SMILES string of the molecule is Cc1ccnc(C(O)Cc2c(Br)c(C)nn2C)c1. The summed E-state index contributed by atoms with van der Waals surface area (Å²) >= 11 is 3.50. The Kier molecular flexibility index (Phi) is 3.82. The van der Waals surface area contributed by atoms with Crippen molar-refractivity contribution >= 4 is 15.9 Å². The molecule has 0 bridgehead atoms. The highest BCUT2D eigenvalue weighted by molar-refractivity contribution is 9.10. The van der Waals surface area contributed by atoms with E-state index >= 15 is 0 Å². The standard InChI is InChI=1S/C13H16BrN3O/c1-8-4-5-15-10(6-8)12(18)7-11-13(14)9(2)16-17(11)3/h4-6,12,18H,7H2,1-3H3. The molecule has 1 atom stereocenters. The molecule has 1 unspecified atom stereocenters. The maximum atomic E-state index is 10.2. The van der Waals surface area contributed by atoms with Gasteiger partial charge < -0.3 is 5.11 Å². The average Bonchev–Trinajstić information content (AvgIpc) is 2.56. The summed E-state index contributed by atoms with van der Waals surface area (Å²) < 4.78 is 2.75. The number of hydrogen-bond acceptors (Lipinski definition) is 3. The molecule has 2 heterocycles. The van der Waals surface area contributed by atoms with Gasteiger partial charge in [-0.3, -0.25) is 9.67 Å². The van der Waals surface area contributed by atoms with Crippen molar-refractivity contribution in [1.82, 2.24) is 14.8 Å². The first-order valence-electron chi connectivity index (χ1n) is 5.77. The Morgan fingerprint density at radius 3 is 2.72 bits per heavy atom. The Bertz CT molecular complexity index is 565. The first kappa shape index (κ1) is 13.2. The van der Waals surface area contributed by atoms with Crippen molar-refractivity contribution in [1.29, 1.82) is 0 Å². The fourth-order valence-electron chi connectivity index (χ4n) is 1.93. The lowest BCUT2D eigenvalue weighted by Gasteiger charge is -2.11. The molecule has 0 saturated heterocycles. The summed E-state index contributed by atoms with van der Waals surface area (Å²) in [4.78, 5) is 4.21. The lowest BCUT2D eigenvalue weighted by atomic mass is 10.1. The monoisotopic (exact) mass is 309 g/mol. The van der Waals surface area contributed by atoms with Gasteiger partial charge in [0.25, 0.3) is 0 Å². The highest BCUT2D eigenvalue weighted by atomic mass is 79.9.